The first-order valence-corrected chi connectivity index (χ1v) is 7.41. The number of nitrogens with one attached hydrogen (secondary N) is 1. The van der Waals surface area contributed by atoms with E-state index in [0.29, 0.717) is 0 Å². The quantitative estimate of drug-likeness (QED) is 0.924. The van der Waals surface area contributed by atoms with Crippen molar-refractivity contribution < 1.29 is 0 Å². The van der Waals surface area contributed by atoms with E-state index in [4.69, 9.17) is 4.98 Å². The average Bonchev–Trinajstić information content (AvgIpc) is 2.36. The smallest absolute Gasteiger partial charge is 0.135 e. The van der Waals surface area contributed by atoms with Crippen molar-refractivity contribution >= 4 is 5.82 Å². The molecule has 2 rings (SSSR count). The van der Waals surface area contributed by atoms with Crippen molar-refractivity contribution in [2.24, 2.45) is 0 Å². The lowest BCUT2D eigenvalue weighted by Crippen LogP contribution is -2.16. The molecule has 0 aliphatic heterocycles. The van der Waals surface area contributed by atoms with Gasteiger partial charge in [-0.1, -0.05) is 50.1 Å². The Bertz CT molecular complexity index is 619. The van der Waals surface area contributed by atoms with E-state index in [2.05, 4.69) is 63.1 Å². The van der Waals surface area contributed by atoms with E-state index < -0.39 is 0 Å². The molecule has 0 aliphatic carbocycles. The van der Waals surface area contributed by atoms with E-state index in [1.807, 2.05) is 13.1 Å². The topological polar surface area (TPSA) is 37.8 Å². The lowest BCUT2D eigenvalue weighted by Gasteiger charge is -2.19. The minimum absolute atomic E-state index is 0.0197. The van der Waals surface area contributed by atoms with E-state index >= 15 is 0 Å². The Hall–Kier alpha value is -1.90. The maximum Gasteiger partial charge on any atom is 0.135 e. The summed E-state index contributed by atoms with van der Waals surface area (Å²) in [5.41, 5.74) is 4.92. The zero-order valence-corrected chi connectivity index (χ0v) is 13.9. The summed E-state index contributed by atoms with van der Waals surface area (Å²) in [6, 6.07) is 8.64. The van der Waals surface area contributed by atoms with Crippen molar-refractivity contribution in [1.82, 2.24) is 9.97 Å². The zero-order chi connectivity index (χ0) is 15.6. The molecule has 0 spiro atoms. The van der Waals surface area contributed by atoms with Gasteiger partial charge in [0.25, 0.3) is 0 Å². The standard InChI is InChI=1S/C18H25N3/c1-12-7-13(2)9-14(8-12)10-17-20-15(18(3,4)5)11-16(19-6)21-17/h7-9,11H,10H2,1-6H3,(H,19,20,21). The summed E-state index contributed by atoms with van der Waals surface area (Å²) in [5.74, 6) is 1.76. The number of anilines is 1. The first-order chi connectivity index (χ1) is 9.77. The maximum atomic E-state index is 4.76. The van der Waals surface area contributed by atoms with Crippen LogP contribution in [0.25, 0.3) is 0 Å². The van der Waals surface area contributed by atoms with Gasteiger partial charge < -0.3 is 5.32 Å². The molecule has 0 bridgehead atoms. The van der Waals surface area contributed by atoms with Crippen LogP contribution in [0.4, 0.5) is 5.82 Å². The molecule has 1 N–H and O–H groups in total. The highest BCUT2D eigenvalue weighted by atomic mass is 15.0. The monoisotopic (exact) mass is 283 g/mol. The molecule has 3 heteroatoms. The predicted molar refractivity (Wildman–Crippen MR) is 89.0 cm³/mol. The van der Waals surface area contributed by atoms with Crippen molar-refractivity contribution in [1.29, 1.82) is 0 Å². The molecular formula is C18H25N3. The molecule has 3 nitrogen and oxygen atoms in total. The number of hydrogen-bond acceptors (Lipinski definition) is 3. The van der Waals surface area contributed by atoms with Crippen LogP contribution in [0.2, 0.25) is 0 Å². The predicted octanol–water partition coefficient (Wildman–Crippen LogP) is 4.02. The molecule has 1 aromatic carbocycles. The minimum Gasteiger partial charge on any atom is -0.373 e. The zero-order valence-electron chi connectivity index (χ0n) is 13.9. The molecule has 112 valence electrons. The van der Waals surface area contributed by atoms with Crippen LogP contribution in [0.5, 0.6) is 0 Å². The minimum atomic E-state index is 0.0197. The van der Waals surface area contributed by atoms with Crippen molar-refractivity contribution in [2.45, 2.75) is 46.5 Å². The first-order valence-electron chi connectivity index (χ1n) is 7.41. The van der Waals surface area contributed by atoms with Crippen LogP contribution < -0.4 is 5.32 Å². The number of benzene rings is 1. The van der Waals surface area contributed by atoms with Crippen molar-refractivity contribution in [3.05, 3.63) is 52.5 Å². The second-order valence-corrected chi connectivity index (χ2v) is 6.73. The average molecular weight is 283 g/mol. The number of aromatic nitrogens is 2. The van der Waals surface area contributed by atoms with Crippen molar-refractivity contribution in [3.8, 4) is 0 Å². The second kappa shape index (κ2) is 5.84. The highest BCUT2D eigenvalue weighted by Crippen LogP contribution is 2.23. The van der Waals surface area contributed by atoms with Gasteiger partial charge in [0.1, 0.15) is 11.6 Å². The fourth-order valence-electron chi connectivity index (χ4n) is 2.44. The molecule has 0 atom stereocenters. The van der Waals surface area contributed by atoms with Crippen LogP contribution in [0, 0.1) is 13.8 Å². The molecule has 0 saturated carbocycles. The largest absolute Gasteiger partial charge is 0.373 e. The van der Waals surface area contributed by atoms with Crippen molar-refractivity contribution in [3.63, 3.8) is 0 Å². The molecule has 0 amide bonds. The third kappa shape index (κ3) is 4.03. The van der Waals surface area contributed by atoms with E-state index in [-0.39, 0.29) is 5.41 Å². The fraction of sp³-hybridized carbons (Fsp3) is 0.444. The third-order valence-electron chi connectivity index (χ3n) is 3.44. The van der Waals surface area contributed by atoms with Gasteiger partial charge in [-0.05, 0) is 19.4 Å². The Morgan fingerprint density at radius 3 is 2.10 bits per heavy atom. The van der Waals surface area contributed by atoms with E-state index in [1.165, 1.54) is 16.7 Å². The molecule has 1 heterocycles. The lowest BCUT2D eigenvalue weighted by atomic mass is 9.91. The van der Waals surface area contributed by atoms with Crippen LogP contribution in [0.15, 0.2) is 24.3 Å². The Kier molecular flexibility index (Phi) is 4.31. The van der Waals surface area contributed by atoms with Crippen LogP contribution >= 0.6 is 0 Å². The van der Waals surface area contributed by atoms with Gasteiger partial charge in [0, 0.05) is 24.9 Å². The van der Waals surface area contributed by atoms with Crippen LogP contribution in [-0.2, 0) is 11.8 Å². The second-order valence-electron chi connectivity index (χ2n) is 6.73. The summed E-state index contributed by atoms with van der Waals surface area (Å²) in [6.07, 6.45) is 0.765. The highest BCUT2D eigenvalue weighted by Gasteiger charge is 2.18. The van der Waals surface area contributed by atoms with Crippen molar-refractivity contribution in [2.75, 3.05) is 12.4 Å². The summed E-state index contributed by atoms with van der Waals surface area (Å²) in [5, 5.41) is 3.14. The van der Waals surface area contributed by atoms with Crippen LogP contribution in [-0.4, -0.2) is 17.0 Å². The molecule has 0 radical (unpaired) electrons. The van der Waals surface area contributed by atoms with Gasteiger partial charge >= 0.3 is 0 Å². The molecular weight excluding hydrogens is 258 g/mol. The summed E-state index contributed by atoms with van der Waals surface area (Å²) >= 11 is 0. The summed E-state index contributed by atoms with van der Waals surface area (Å²) in [7, 11) is 1.90. The van der Waals surface area contributed by atoms with Gasteiger partial charge in [0.2, 0.25) is 0 Å². The Balaban J connectivity index is 2.39. The van der Waals surface area contributed by atoms with Crippen LogP contribution in [0.1, 0.15) is 49.0 Å². The Labute approximate surface area is 127 Å². The molecule has 0 aliphatic rings. The highest BCUT2D eigenvalue weighted by molar-refractivity contribution is 5.38. The molecule has 0 fully saturated rings. The van der Waals surface area contributed by atoms with Gasteiger partial charge in [-0.2, -0.15) is 0 Å². The molecule has 1 aromatic heterocycles. The summed E-state index contributed by atoms with van der Waals surface area (Å²) in [6.45, 7) is 10.8. The first kappa shape index (κ1) is 15.5. The number of nitrogens with zero attached hydrogens (tertiary/aromatic N) is 2. The fourth-order valence-corrected chi connectivity index (χ4v) is 2.44. The van der Waals surface area contributed by atoms with Gasteiger partial charge in [0.05, 0.1) is 5.69 Å². The number of hydrogen-bond donors (Lipinski definition) is 1. The molecule has 21 heavy (non-hydrogen) atoms. The van der Waals surface area contributed by atoms with Gasteiger partial charge in [0.15, 0.2) is 0 Å². The lowest BCUT2D eigenvalue weighted by molar-refractivity contribution is 0.563. The summed E-state index contributed by atoms with van der Waals surface area (Å²) < 4.78 is 0. The Morgan fingerprint density at radius 2 is 1.57 bits per heavy atom. The van der Waals surface area contributed by atoms with Gasteiger partial charge in [-0.25, -0.2) is 9.97 Å². The molecule has 0 unspecified atom stereocenters. The SMILES string of the molecule is CNc1cc(C(C)(C)C)nc(Cc2cc(C)cc(C)c2)n1. The number of rotatable bonds is 3. The van der Waals surface area contributed by atoms with Gasteiger partial charge in [-0.3, -0.25) is 0 Å². The number of aryl methyl sites for hydroxylation is 2. The van der Waals surface area contributed by atoms with Crippen LogP contribution in [0.3, 0.4) is 0 Å². The third-order valence-corrected chi connectivity index (χ3v) is 3.44. The van der Waals surface area contributed by atoms with E-state index in [0.717, 1.165) is 23.8 Å². The van der Waals surface area contributed by atoms with E-state index in [1.54, 1.807) is 0 Å². The molecule has 0 saturated heterocycles. The normalized spacial score (nSPS) is 11.5. The molecule has 2 aromatic rings. The maximum absolute atomic E-state index is 4.76. The van der Waals surface area contributed by atoms with E-state index in [9.17, 15) is 0 Å². The Morgan fingerprint density at radius 1 is 0.952 bits per heavy atom. The summed E-state index contributed by atoms with van der Waals surface area (Å²) in [4.78, 5) is 9.35. The van der Waals surface area contributed by atoms with Gasteiger partial charge in [-0.15, -0.1) is 0 Å².